The minimum absolute atomic E-state index is 0.119. The number of ether oxygens (including phenoxy) is 1. The standard InChI is InChI=1S/C17H14FN3O2/c1-23-17(22)15-16(19-10-11-6-8-12(18)9-7-11)21-14-5-3-2-4-13(14)20-15/h2-9H,10H2,1H3,(H,19,21). The van der Waals surface area contributed by atoms with E-state index in [1.807, 2.05) is 18.2 Å². The maximum atomic E-state index is 12.9. The number of nitrogens with zero attached hydrogens (tertiary/aromatic N) is 2. The lowest BCUT2D eigenvalue weighted by atomic mass is 10.2. The molecule has 0 aliphatic rings. The van der Waals surface area contributed by atoms with Crippen molar-refractivity contribution in [2.75, 3.05) is 12.4 Å². The summed E-state index contributed by atoms with van der Waals surface area (Å²) in [6.07, 6.45) is 0. The first-order chi connectivity index (χ1) is 11.2. The molecule has 0 saturated carbocycles. The quantitative estimate of drug-likeness (QED) is 0.750. The van der Waals surface area contributed by atoms with E-state index < -0.39 is 5.97 Å². The van der Waals surface area contributed by atoms with Gasteiger partial charge in [0, 0.05) is 6.54 Å². The fourth-order valence-corrected chi connectivity index (χ4v) is 2.15. The van der Waals surface area contributed by atoms with Gasteiger partial charge in [0.15, 0.2) is 11.5 Å². The third-order valence-electron chi connectivity index (χ3n) is 3.32. The van der Waals surface area contributed by atoms with Crippen molar-refractivity contribution in [3.63, 3.8) is 0 Å². The summed E-state index contributed by atoms with van der Waals surface area (Å²) in [5.41, 5.74) is 2.26. The van der Waals surface area contributed by atoms with Crippen molar-refractivity contribution in [2.24, 2.45) is 0 Å². The second-order valence-electron chi connectivity index (χ2n) is 4.88. The summed E-state index contributed by atoms with van der Waals surface area (Å²) >= 11 is 0. The Morgan fingerprint density at radius 1 is 1.09 bits per heavy atom. The maximum absolute atomic E-state index is 12.9. The number of hydrogen-bond acceptors (Lipinski definition) is 5. The van der Waals surface area contributed by atoms with Gasteiger partial charge in [-0.1, -0.05) is 24.3 Å². The SMILES string of the molecule is COC(=O)c1nc2ccccc2nc1NCc1ccc(F)cc1. The maximum Gasteiger partial charge on any atom is 0.360 e. The number of anilines is 1. The highest BCUT2D eigenvalue weighted by molar-refractivity contribution is 5.95. The number of halogens is 1. The van der Waals surface area contributed by atoms with Crippen molar-refractivity contribution in [3.8, 4) is 0 Å². The Morgan fingerprint density at radius 2 is 1.74 bits per heavy atom. The third kappa shape index (κ3) is 3.26. The highest BCUT2D eigenvalue weighted by Gasteiger charge is 2.16. The van der Waals surface area contributed by atoms with Crippen molar-refractivity contribution in [2.45, 2.75) is 6.54 Å². The summed E-state index contributed by atoms with van der Waals surface area (Å²) < 4.78 is 17.7. The molecule has 6 heteroatoms. The third-order valence-corrected chi connectivity index (χ3v) is 3.32. The van der Waals surface area contributed by atoms with Crippen LogP contribution in [0.2, 0.25) is 0 Å². The lowest BCUT2D eigenvalue weighted by Gasteiger charge is -2.10. The van der Waals surface area contributed by atoms with Gasteiger partial charge in [-0.3, -0.25) is 0 Å². The van der Waals surface area contributed by atoms with Crippen LogP contribution < -0.4 is 5.32 Å². The molecule has 0 aliphatic carbocycles. The fraction of sp³-hybridized carbons (Fsp3) is 0.118. The molecule has 5 nitrogen and oxygen atoms in total. The van der Waals surface area contributed by atoms with Crippen molar-refractivity contribution in [1.29, 1.82) is 0 Å². The molecule has 0 amide bonds. The van der Waals surface area contributed by atoms with Gasteiger partial charge >= 0.3 is 5.97 Å². The predicted octanol–water partition coefficient (Wildman–Crippen LogP) is 3.17. The average molecular weight is 311 g/mol. The number of benzene rings is 2. The Kier molecular flexibility index (Phi) is 4.14. The molecule has 0 spiro atoms. The second kappa shape index (κ2) is 6.39. The Labute approximate surface area is 132 Å². The molecule has 3 aromatic rings. The van der Waals surface area contributed by atoms with Gasteiger partial charge in [-0.15, -0.1) is 0 Å². The van der Waals surface area contributed by atoms with Gasteiger partial charge in [0.1, 0.15) is 5.82 Å². The van der Waals surface area contributed by atoms with Gasteiger partial charge in [-0.25, -0.2) is 19.2 Å². The number of esters is 1. The second-order valence-corrected chi connectivity index (χ2v) is 4.88. The van der Waals surface area contributed by atoms with E-state index in [0.29, 0.717) is 23.4 Å². The van der Waals surface area contributed by atoms with Crippen LogP contribution in [0.4, 0.5) is 10.2 Å². The molecule has 1 aromatic heterocycles. The van der Waals surface area contributed by atoms with Crippen LogP contribution in [0.1, 0.15) is 16.1 Å². The zero-order chi connectivity index (χ0) is 16.2. The summed E-state index contributed by atoms with van der Waals surface area (Å²) in [7, 11) is 1.29. The molecule has 1 N–H and O–H groups in total. The summed E-state index contributed by atoms with van der Waals surface area (Å²) in [5.74, 6) is -0.528. The van der Waals surface area contributed by atoms with Crippen LogP contribution in [0.15, 0.2) is 48.5 Å². The van der Waals surface area contributed by atoms with E-state index in [0.717, 1.165) is 5.56 Å². The molecule has 0 aliphatic heterocycles. The number of methoxy groups -OCH3 is 1. The topological polar surface area (TPSA) is 64.1 Å². The number of carbonyl (C=O) groups is 1. The molecule has 0 radical (unpaired) electrons. The highest BCUT2D eigenvalue weighted by Crippen LogP contribution is 2.18. The van der Waals surface area contributed by atoms with E-state index in [1.165, 1.54) is 19.2 Å². The van der Waals surface area contributed by atoms with Crippen molar-refractivity contribution >= 4 is 22.8 Å². The Bertz CT molecular complexity index is 850. The monoisotopic (exact) mass is 311 g/mol. The van der Waals surface area contributed by atoms with Gasteiger partial charge in [0.25, 0.3) is 0 Å². The first kappa shape index (κ1) is 14.9. The Hall–Kier alpha value is -3.02. The molecular weight excluding hydrogens is 297 g/mol. The fourth-order valence-electron chi connectivity index (χ4n) is 2.15. The molecule has 0 saturated heterocycles. The Balaban J connectivity index is 1.93. The first-order valence-electron chi connectivity index (χ1n) is 7.01. The zero-order valence-electron chi connectivity index (χ0n) is 12.4. The molecule has 0 atom stereocenters. The van der Waals surface area contributed by atoms with E-state index in [1.54, 1.807) is 18.2 Å². The summed E-state index contributed by atoms with van der Waals surface area (Å²) in [5, 5.41) is 3.06. The molecule has 1 heterocycles. The molecular formula is C17H14FN3O2. The number of carbonyl (C=O) groups excluding carboxylic acids is 1. The van der Waals surface area contributed by atoms with Crippen LogP contribution in [-0.4, -0.2) is 23.0 Å². The molecule has 0 fully saturated rings. The number of rotatable bonds is 4. The zero-order valence-corrected chi connectivity index (χ0v) is 12.4. The minimum Gasteiger partial charge on any atom is -0.464 e. The lowest BCUT2D eigenvalue weighted by Crippen LogP contribution is -2.12. The number of fused-ring (bicyclic) bond motifs is 1. The predicted molar refractivity (Wildman–Crippen MR) is 84.6 cm³/mol. The van der Waals surface area contributed by atoms with Crippen molar-refractivity contribution in [3.05, 3.63) is 65.6 Å². The van der Waals surface area contributed by atoms with E-state index in [2.05, 4.69) is 15.3 Å². The highest BCUT2D eigenvalue weighted by atomic mass is 19.1. The van der Waals surface area contributed by atoms with Crippen LogP contribution in [-0.2, 0) is 11.3 Å². The molecule has 3 rings (SSSR count). The van der Waals surface area contributed by atoms with Gasteiger partial charge in [0.05, 0.1) is 18.1 Å². The van der Waals surface area contributed by atoms with Crippen LogP contribution in [0, 0.1) is 5.82 Å². The van der Waals surface area contributed by atoms with Crippen LogP contribution in [0.3, 0.4) is 0 Å². The largest absolute Gasteiger partial charge is 0.464 e. The van der Waals surface area contributed by atoms with Crippen LogP contribution in [0.5, 0.6) is 0 Å². The summed E-state index contributed by atoms with van der Waals surface area (Å²) in [4.78, 5) is 20.7. The van der Waals surface area contributed by atoms with Gasteiger partial charge in [0.2, 0.25) is 0 Å². The normalized spacial score (nSPS) is 10.5. The Morgan fingerprint density at radius 3 is 2.39 bits per heavy atom. The molecule has 2 aromatic carbocycles. The van der Waals surface area contributed by atoms with E-state index in [9.17, 15) is 9.18 Å². The number of nitrogens with one attached hydrogen (secondary N) is 1. The van der Waals surface area contributed by atoms with Gasteiger partial charge < -0.3 is 10.1 Å². The smallest absolute Gasteiger partial charge is 0.360 e. The van der Waals surface area contributed by atoms with E-state index in [-0.39, 0.29) is 11.5 Å². The lowest BCUT2D eigenvalue weighted by molar-refractivity contribution is 0.0595. The van der Waals surface area contributed by atoms with E-state index >= 15 is 0 Å². The summed E-state index contributed by atoms with van der Waals surface area (Å²) in [6, 6.07) is 13.3. The molecule has 0 unspecified atom stereocenters. The van der Waals surface area contributed by atoms with Crippen molar-refractivity contribution < 1.29 is 13.9 Å². The number of para-hydroxylation sites is 2. The van der Waals surface area contributed by atoms with Crippen molar-refractivity contribution in [1.82, 2.24) is 9.97 Å². The molecule has 0 bridgehead atoms. The first-order valence-corrected chi connectivity index (χ1v) is 7.01. The molecule has 23 heavy (non-hydrogen) atoms. The van der Waals surface area contributed by atoms with Gasteiger partial charge in [-0.2, -0.15) is 0 Å². The van der Waals surface area contributed by atoms with E-state index in [4.69, 9.17) is 4.74 Å². The summed E-state index contributed by atoms with van der Waals surface area (Å²) in [6.45, 7) is 0.386. The molecule has 116 valence electrons. The number of hydrogen-bond donors (Lipinski definition) is 1. The van der Waals surface area contributed by atoms with Crippen LogP contribution >= 0.6 is 0 Å². The van der Waals surface area contributed by atoms with Gasteiger partial charge in [-0.05, 0) is 29.8 Å². The average Bonchev–Trinajstić information content (AvgIpc) is 2.59. The number of aromatic nitrogens is 2. The van der Waals surface area contributed by atoms with Crippen LogP contribution in [0.25, 0.3) is 11.0 Å². The minimum atomic E-state index is -0.565.